The number of aromatic hydroxyl groups is 1. The largest absolute Gasteiger partial charge is 0.507 e. The highest BCUT2D eigenvalue weighted by molar-refractivity contribution is 6.04. The number of hydrogen-bond acceptors (Lipinski definition) is 4. The number of carbonyl (C=O) groups is 1. The Morgan fingerprint density at radius 3 is 2.45 bits per heavy atom. The second-order valence-electron chi connectivity index (χ2n) is 4.29. The van der Waals surface area contributed by atoms with E-state index in [9.17, 15) is 9.90 Å². The number of primary amides is 1. The van der Waals surface area contributed by atoms with Gasteiger partial charge in [0.2, 0.25) is 0 Å². The molecule has 0 radical (unpaired) electrons. The summed E-state index contributed by atoms with van der Waals surface area (Å²) in [4.78, 5) is 20.1. The van der Waals surface area contributed by atoms with Crippen LogP contribution in [0.25, 0.3) is 22.3 Å². The van der Waals surface area contributed by atoms with Gasteiger partial charge in [0, 0.05) is 5.39 Å². The van der Waals surface area contributed by atoms with Crippen molar-refractivity contribution in [2.45, 2.75) is 0 Å². The summed E-state index contributed by atoms with van der Waals surface area (Å²) in [6.45, 7) is 0. The van der Waals surface area contributed by atoms with Crippen LogP contribution >= 0.6 is 0 Å². The highest BCUT2D eigenvalue weighted by Crippen LogP contribution is 2.27. The molecular weight excluding hydrogens is 254 g/mol. The lowest BCUT2D eigenvalue weighted by Crippen LogP contribution is -2.14. The second kappa shape index (κ2) is 4.62. The van der Waals surface area contributed by atoms with Crippen molar-refractivity contribution >= 4 is 16.8 Å². The Bertz CT molecular complexity index is 815. The molecule has 0 unspecified atom stereocenters. The fraction of sp³-hybridized carbons (Fsp3) is 0. The third kappa shape index (κ3) is 1.95. The summed E-state index contributed by atoms with van der Waals surface area (Å²) in [6.07, 6.45) is 0. The topological polar surface area (TPSA) is 89.1 Å². The first-order chi connectivity index (χ1) is 9.66. The molecule has 0 aliphatic rings. The van der Waals surface area contributed by atoms with E-state index in [-0.39, 0.29) is 17.3 Å². The molecule has 0 saturated heterocycles. The van der Waals surface area contributed by atoms with Gasteiger partial charge in [0.05, 0.1) is 11.1 Å². The van der Waals surface area contributed by atoms with Gasteiger partial charge in [-0.15, -0.1) is 0 Å². The van der Waals surface area contributed by atoms with Crippen LogP contribution in [0.2, 0.25) is 0 Å². The van der Waals surface area contributed by atoms with Crippen molar-refractivity contribution in [3.05, 3.63) is 54.2 Å². The summed E-state index contributed by atoms with van der Waals surface area (Å²) < 4.78 is 0. The number of phenolic OH excluding ortho intramolecular Hbond substituents is 1. The molecular formula is C15H11N3O2. The van der Waals surface area contributed by atoms with Crippen molar-refractivity contribution in [1.82, 2.24) is 9.97 Å². The SMILES string of the molecule is NC(=O)c1nc(-c2ccccc2O)nc2ccccc12. The van der Waals surface area contributed by atoms with Gasteiger partial charge in [0.25, 0.3) is 5.91 Å². The smallest absolute Gasteiger partial charge is 0.268 e. The lowest BCUT2D eigenvalue weighted by atomic mass is 10.1. The summed E-state index contributed by atoms with van der Waals surface area (Å²) in [7, 11) is 0. The van der Waals surface area contributed by atoms with Crippen molar-refractivity contribution in [3.8, 4) is 17.1 Å². The summed E-state index contributed by atoms with van der Waals surface area (Å²) in [5, 5.41) is 10.5. The van der Waals surface area contributed by atoms with E-state index < -0.39 is 5.91 Å². The van der Waals surface area contributed by atoms with E-state index in [1.807, 2.05) is 6.07 Å². The Morgan fingerprint density at radius 1 is 1.00 bits per heavy atom. The molecule has 1 aromatic heterocycles. The number of nitrogens with zero attached hydrogens (tertiary/aromatic N) is 2. The average Bonchev–Trinajstić information content (AvgIpc) is 2.46. The standard InChI is InChI=1S/C15H11N3O2/c16-14(20)13-9-5-1-3-7-11(9)17-15(18-13)10-6-2-4-8-12(10)19/h1-8,19H,(H2,16,20). The van der Waals surface area contributed by atoms with Crippen LogP contribution in [-0.4, -0.2) is 21.0 Å². The predicted molar refractivity (Wildman–Crippen MR) is 75.2 cm³/mol. The first-order valence-corrected chi connectivity index (χ1v) is 6.02. The molecule has 1 amide bonds. The summed E-state index contributed by atoms with van der Waals surface area (Å²) in [5.41, 5.74) is 6.59. The number of hydrogen-bond donors (Lipinski definition) is 2. The van der Waals surface area contributed by atoms with Crippen LogP contribution in [0.4, 0.5) is 0 Å². The van der Waals surface area contributed by atoms with Crippen LogP contribution < -0.4 is 5.73 Å². The molecule has 1 heterocycles. The number of phenols is 1. The molecule has 0 spiro atoms. The molecule has 5 heteroatoms. The van der Waals surface area contributed by atoms with Crippen molar-refractivity contribution < 1.29 is 9.90 Å². The maximum absolute atomic E-state index is 11.6. The number of aromatic nitrogens is 2. The molecule has 3 rings (SSSR count). The third-order valence-corrected chi connectivity index (χ3v) is 2.98. The molecule has 2 aromatic carbocycles. The number of para-hydroxylation sites is 2. The van der Waals surface area contributed by atoms with E-state index in [0.29, 0.717) is 16.5 Å². The van der Waals surface area contributed by atoms with Crippen LogP contribution in [0.3, 0.4) is 0 Å². The number of amides is 1. The molecule has 3 N–H and O–H groups in total. The second-order valence-corrected chi connectivity index (χ2v) is 4.29. The van der Waals surface area contributed by atoms with Crippen molar-refractivity contribution in [1.29, 1.82) is 0 Å². The molecule has 0 atom stereocenters. The lowest BCUT2D eigenvalue weighted by molar-refractivity contribution is 0.0997. The summed E-state index contributed by atoms with van der Waals surface area (Å²) >= 11 is 0. The number of rotatable bonds is 2. The highest BCUT2D eigenvalue weighted by atomic mass is 16.3. The van der Waals surface area contributed by atoms with Crippen LogP contribution in [0.1, 0.15) is 10.5 Å². The number of benzene rings is 2. The van der Waals surface area contributed by atoms with E-state index >= 15 is 0 Å². The molecule has 5 nitrogen and oxygen atoms in total. The maximum atomic E-state index is 11.6. The number of carbonyl (C=O) groups excluding carboxylic acids is 1. The van der Waals surface area contributed by atoms with Crippen LogP contribution in [-0.2, 0) is 0 Å². The Morgan fingerprint density at radius 2 is 1.70 bits per heavy atom. The van der Waals surface area contributed by atoms with Gasteiger partial charge in [0.15, 0.2) is 5.82 Å². The Labute approximate surface area is 114 Å². The van der Waals surface area contributed by atoms with Crippen molar-refractivity contribution in [3.63, 3.8) is 0 Å². The molecule has 0 aliphatic carbocycles. The van der Waals surface area contributed by atoms with E-state index in [0.717, 1.165) is 0 Å². The summed E-state index contributed by atoms with van der Waals surface area (Å²) in [6, 6.07) is 13.8. The minimum Gasteiger partial charge on any atom is -0.507 e. The Balaban J connectivity index is 2.33. The predicted octanol–water partition coefficient (Wildman–Crippen LogP) is 2.10. The van der Waals surface area contributed by atoms with Gasteiger partial charge < -0.3 is 10.8 Å². The van der Waals surface area contributed by atoms with E-state index in [1.54, 1.807) is 36.4 Å². The zero-order valence-corrected chi connectivity index (χ0v) is 10.4. The molecule has 20 heavy (non-hydrogen) atoms. The van der Waals surface area contributed by atoms with Gasteiger partial charge in [0.1, 0.15) is 11.4 Å². The van der Waals surface area contributed by atoms with Gasteiger partial charge in [-0.2, -0.15) is 0 Å². The molecule has 0 bridgehead atoms. The summed E-state index contributed by atoms with van der Waals surface area (Å²) in [5.74, 6) is -0.297. The minimum atomic E-state index is -0.625. The average molecular weight is 265 g/mol. The van der Waals surface area contributed by atoms with Crippen LogP contribution in [0.15, 0.2) is 48.5 Å². The minimum absolute atomic E-state index is 0.0539. The van der Waals surface area contributed by atoms with E-state index in [2.05, 4.69) is 9.97 Å². The monoisotopic (exact) mass is 265 g/mol. The Kier molecular flexibility index (Phi) is 2.80. The quantitative estimate of drug-likeness (QED) is 0.742. The highest BCUT2D eigenvalue weighted by Gasteiger charge is 2.14. The zero-order chi connectivity index (χ0) is 14.1. The number of nitrogens with two attached hydrogens (primary N) is 1. The number of fused-ring (bicyclic) bond motifs is 1. The normalized spacial score (nSPS) is 10.6. The fourth-order valence-electron chi connectivity index (χ4n) is 2.05. The molecule has 0 aliphatic heterocycles. The van der Waals surface area contributed by atoms with Crippen molar-refractivity contribution in [2.75, 3.05) is 0 Å². The zero-order valence-electron chi connectivity index (χ0n) is 10.4. The third-order valence-electron chi connectivity index (χ3n) is 2.98. The maximum Gasteiger partial charge on any atom is 0.268 e. The molecule has 0 saturated carbocycles. The first kappa shape index (κ1) is 12.1. The van der Waals surface area contributed by atoms with Gasteiger partial charge in [-0.3, -0.25) is 4.79 Å². The molecule has 0 fully saturated rings. The van der Waals surface area contributed by atoms with E-state index in [1.165, 1.54) is 6.07 Å². The van der Waals surface area contributed by atoms with Gasteiger partial charge in [-0.05, 0) is 18.2 Å². The van der Waals surface area contributed by atoms with Gasteiger partial charge in [-0.1, -0.05) is 30.3 Å². The van der Waals surface area contributed by atoms with Crippen molar-refractivity contribution in [2.24, 2.45) is 5.73 Å². The lowest BCUT2D eigenvalue weighted by Gasteiger charge is -2.07. The Hall–Kier alpha value is -2.95. The van der Waals surface area contributed by atoms with E-state index in [4.69, 9.17) is 5.73 Å². The molecule has 3 aromatic rings. The first-order valence-electron chi connectivity index (χ1n) is 6.02. The van der Waals surface area contributed by atoms with Crippen LogP contribution in [0, 0.1) is 0 Å². The molecule has 98 valence electrons. The van der Waals surface area contributed by atoms with Gasteiger partial charge >= 0.3 is 0 Å². The van der Waals surface area contributed by atoms with Gasteiger partial charge in [-0.25, -0.2) is 9.97 Å². The van der Waals surface area contributed by atoms with Crippen LogP contribution in [0.5, 0.6) is 5.75 Å². The fourth-order valence-corrected chi connectivity index (χ4v) is 2.05.